The Labute approximate surface area is 115 Å². The highest BCUT2D eigenvalue weighted by Gasteiger charge is 2.32. The molecule has 1 aliphatic carbocycles. The predicted octanol–water partition coefficient (Wildman–Crippen LogP) is 1.71. The highest BCUT2D eigenvalue weighted by Crippen LogP contribution is 2.33. The lowest BCUT2D eigenvalue weighted by Crippen LogP contribution is -2.40. The Morgan fingerprint density at radius 3 is 2.67 bits per heavy atom. The van der Waals surface area contributed by atoms with Crippen LogP contribution in [0.25, 0.3) is 0 Å². The second kappa shape index (κ2) is 7.04. The van der Waals surface area contributed by atoms with E-state index in [0.29, 0.717) is 29.9 Å². The van der Waals surface area contributed by atoms with Gasteiger partial charge in [-0.1, -0.05) is 12.2 Å². The first-order valence-electron chi connectivity index (χ1n) is 6.59. The fourth-order valence-corrected chi connectivity index (χ4v) is 2.52. The van der Waals surface area contributed by atoms with Crippen LogP contribution in [0.5, 0.6) is 0 Å². The lowest BCUT2D eigenvalue weighted by Gasteiger charge is -2.36. The van der Waals surface area contributed by atoms with E-state index in [2.05, 4.69) is 0 Å². The molecule has 1 aliphatic rings. The normalized spacial score (nSPS) is 24.2. The first-order valence-corrected chi connectivity index (χ1v) is 7.00. The fraction of sp³-hybridized carbons (Fsp3) is 0.846. The molecule has 0 saturated heterocycles. The van der Waals surface area contributed by atoms with Crippen molar-refractivity contribution in [2.75, 3.05) is 13.7 Å². The summed E-state index contributed by atoms with van der Waals surface area (Å²) >= 11 is 4.87. The van der Waals surface area contributed by atoms with Gasteiger partial charge in [-0.25, -0.2) is 0 Å². The van der Waals surface area contributed by atoms with Crippen molar-refractivity contribution in [1.29, 1.82) is 0 Å². The number of hydrogen-bond acceptors (Lipinski definition) is 3. The maximum atomic E-state index is 12.0. The molecule has 0 aliphatic heterocycles. The van der Waals surface area contributed by atoms with Gasteiger partial charge in [0.2, 0.25) is 5.91 Å². The largest absolute Gasteiger partial charge is 0.393 e. The molecule has 0 aromatic heterocycles. The molecule has 0 bridgehead atoms. The van der Waals surface area contributed by atoms with Crippen LogP contribution in [0.3, 0.4) is 0 Å². The lowest BCUT2D eigenvalue weighted by molar-refractivity contribution is -0.134. The third-order valence-electron chi connectivity index (χ3n) is 3.61. The Morgan fingerprint density at radius 2 is 2.17 bits per heavy atom. The van der Waals surface area contributed by atoms with Gasteiger partial charge in [0.1, 0.15) is 0 Å². The van der Waals surface area contributed by atoms with Crippen LogP contribution in [0.4, 0.5) is 0 Å². The second-order valence-corrected chi connectivity index (χ2v) is 5.67. The number of rotatable bonds is 7. The summed E-state index contributed by atoms with van der Waals surface area (Å²) in [5, 5.41) is 0. The number of carbonyl (C=O) groups excluding carboxylic acids is 1. The third kappa shape index (κ3) is 4.53. The average molecular weight is 272 g/mol. The molecule has 1 atom stereocenters. The summed E-state index contributed by atoms with van der Waals surface area (Å²) in [6.07, 6.45) is 3.59. The van der Waals surface area contributed by atoms with Gasteiger partial charge >= 0.3 is 0 Å². The third-order valence-corrected chi connectivity index (χ3v) is 3.78. The molecule has 1 amide bonds. The number of amides is 1. The van der Waals surface area contributed by atoms with E-state index in [-0.39, 0.29) is 11.9 Å². The Balaban J connectivity index is 2.26. The lowest BCUT2D eigenvalue weighted by atomic mass is 9.79. The predicted molar refractivity (Wildman–Crippen MR) is 76.4 cm³/mol. The van der Waals surface area contributed by atoms with Crippen molar-refractivity contribution in [3.8, 4) is 0 Å². The smallest absolute Gasteiger partial charge is 0.222 e. The van der Waals surface area contributed by atoms with Crippen molar-refractivity contribution in [3.05, 3.63) is 0 Å². The van der Waals surface area contributed by atoms with Crippen LogP contribution in [0.1, 0.15) is 39.5 Å². The quantitative estimate of drug-likeness (QED) is 0.717. The van der Waals surface area contributed by atoms with Gasteiger partial charge in [-0.05, 0) is 32.6 Å². The number of carbonyl (C=O) groups is 1. The van der Waals surface area contributed by atoms with Crippen molar-refractivity contribution in [2.24, 2.45) is 11.7 Å². The minimum atomic E-state index is 0.0813. The summed E-state index contributed by atoms with van der Waals surface area (Å²) in [5.41, 5.74) is 5.50. The maximum Gasteiger partial charge on any atom is 0.222 e. The van der Waals surface area contributed by atoms with Gasteiger partial charge in [-0.3, -0.25) is 4.79 Å². The first-order chi connectivity index (χ1) is 8.43. The van der Waals surface area contributed by atoms with E-state index >= 15 is 0 Å². The van der Waals surface area contributed by atoms with Crippen molar-refractivity contribution >= 4 is 23.1 Å². The highest BCUT2D eigenvalue weighted by atomic mass is 32.1. The average Bonchev–Trinajstić information content (AvgIpc) is 2.24. The van der Waals surface area contributed by atoms with Crippen LogP contribution >= 0.6 is 12.2 Å². The molecule has 2 N–H and O–H groups in total. The molecule has 0 aromatic rings. The van der Waals surface area contributed by atoms with Gasteiger partial charge in [-0.2, -0.15) is 0 Å². The molecule has 5 heteroatoms. The number of nitrogens with two attached hydrogens (primary N) is 1. The summed E-state index contributed by atoms with van der Waals surface area (Å²) in [7, 11) is 1.82. The van der Waals surface area contributed by atoms with E-state index in [1.807, 2.05) is 20.9 Å². The maximum absolute atomic E-state index is 12.0. The van der Waals surface area contributed by atoms with Gasteiger partial charge in [0, 0.05) is 32.5 Å². The topological polar surface area (TPSA) is 55.6 Å². The molecule has 0 radical (unpaired) electrons. The van der Waals surface area contributed by atoms with Crippen molar-refractivity contribution < 1.29 is 9.53 Å². The molecule has 4 nitrogen and oxygen atoms in total. The Hall–Kier alpha value is -0.680. The van der Waals surface area contributed by atoms with E-state index in [1.54, 1.807) is 4.90 Å². The standard InChI is InChI=1S/C13H24N2O2S/c1-4-17-11-6-10(7-11)8-13(16)15(3)9(2)5-12(14)18/h9-11H,4-8H2,1-3H3,(H2,14,18). The molecule has 1 saturated carbocycles. The van der Waals surface area contributed by atoms with Crippen LogP contribution in [0.2, 0.25) is 0 Å². The summed E-state index contributed by atoms with van der Waals surface area (Å²) in [6, 6.07) is 0.0813. The SMILES string of the molecule is CCOC1CC(CC(=O)N(C)C(C)CC(N)=S)C1. The van der Waals surface area contributed by atoms with Gasteiger partial charge < -0.3 is 15.4 Å². The molecule has 18 heavy (non-hydrogen) atoms. The van der Waals surface area contributed by atoms with Crippen molar-refractivity contribution in [3.63, 3.8) is 0 Å². The van der Waals surface area contributed by atoms with Gasteiger partial charge in [0.05, 0.1) is 11.1 Å². The van der Waals surface area contributed by atoms with Crippen molar-refractivity contribution in [2.45, 2.75) is 51.7 Å². The minimum absolute atomic E-state index is 0.0813. The summed E-state index contributed by atoms with van der Waals surface area (Å²) < 4.78 is 5.49. The second-order valence-electron chi connectivity index (χ2n) is 5.14. The molecular formula is C13H24N2O2S. The molecule has 1 fully saturated rings. The van der Waals surface area contributed by atoms with E-state index in [4.69, 9.17) is 22.7 Å². The van der Waals surface area contributed by atoms with Crippen LogP contribution in [-0.4, -0.2) is 41.6 Å². The van der Waals surface area contributed by atoms with E-state index < -0.39 is 0 Å². The Kier molecular flexibility index (Phi) is 6.02. The Bertz CT molecular complexity index is 303. The fourth-order valence-electron chi connectivity index (χ4n) is 2.28. The van der Waals surface area contributed by atoms with Crippen LogP contribution in [0.15, 0.2) is 0 Å². The summed E-state index contributed by atoms with van der Waals surface area (Å²) in [4.78, 5) is 14.3. The molecule has 0 aromatic carbocycles. The molecule has 104 valence electrons. The zero-order valence-corrected chi connectivity index (χ0v) is 12.3. The summed E-state index contributed by atoms with van der Waals surface area (Å²) in [6.45, 7) is 4.74. The number of thiocarbonyl (C=S) groups is 1. The first kappa shape index (κ1) is 15.4. The monoisotopic (exact) mass is 272 g/mol. The molecule has 0 heterocycles. The number of nitrogens with zero attached hydrogens (tertiary/aromatic N) is 1. The molecule has 1 unspecified atom stereocenters. The highest BCUT2D eigenvalue weighted by molar-refractivity contribution is 7.80. The summed E-state index contributed by atoms with van der Waals surface area (Å²) in [5.74, 6) is 0.659. The molecular weight excluding hydrogens is 248 g/mol. The molecule has 0 spiro atoms. The number of hydrogen-bond donors (Lipinski definition) is 1. The van der Waals surface area contributed by atoms with E-state index in [9.17, 15) is 4.79 Å². The zero-order chi connectivity index (χ0) is 13.7. The van der Waals surface area contributed by atoms with E-state index in [1.165, 1.54) is 0 Å². The van der Waals surface area contributed by atoms with E-state index in [0.717, 1.165) is 19.4 Å². The van der Waals surface area contributed by atoms with Crippen molar-refractivity contribution in [1.82, 2.24) is 4.90 Å². The van der Waals surface area contributed by atoms with Gasteiger partial charge in [0.15, 0.2) is 0 Å². The Morgan fingerprint density at radius 1 is 1.56 bits per heavy atom. The minimum Gasteiger partial charge on any atom is -0.393 e. The van der Waals surface area contributed by atoms with Gasteiger partial charge in [0.25, 0.3) is 0 Å². The zero-order valence-electron chi connectivity index (χ0n) is 11.5. The van der Waals surface area contributed by atoms with Crippen LogP contribution < -0.4 is 5.73 Å². The van der Waals surface area contributed by atoms with Crippen LogP contribution in [-0.2, 0) is 9.53 Å². The van der Waals surface area contributed by atoms with Gasteiger partial charge in [-0.15, -0.1) is 0 Å². The van der Waals surface area contributed by atoms with Crippen LogP contribution in [0, 0.1) is 5.92 Å². The number of ether oxygens (including phenoxy) is 1. The molecule has 1 rings (SSSR count).